The molecule has 5 nitrogen and oxygen atoms in total. The molecule has 1 aliphatic rings. The first-order valence-electron chi connectivity index (χ1n) is 9.96. The molecule has 1 aliphatic heterocycles. The summed E-state index contributed by atoms with van der Waals surface area (Å²) in [6.07, 6.45) is 1.79. The summed E-state index contributed by atoms with van der Waals surface area (Å²) in [5, 5.41) is 10.2. The van der Waals surface area contributed by atoms with Crippen molar-refractivity contribution in [1.29, 1.82) is 0 Å². The van der Waals surface area contributed by atoms with Gasteiger partial charge in [-0.3, -0.25) is 9.69 Å². The number of halogens is 2. The lowest BCUT2D eigenvalue weighted by Crippen LogP contribution is -2.49. The van der Waals surface area contributed by atoms with Crippen LogP contribution in [0.2, 0.25) is 5.02 Å². The first kappa shape index (κ1) is 21.7. The number of ether oxygens (including phenoxy) is 1. The van der Waals surface area contributed by atoms with Gasteiger partial charge in [-0.25, -0.2) is 9.37 Å². The number of hydrogen-bond donors (Lipinski definition) is 1. The number of carboxylic acid groups (broad SMARTS) is 1. The highest BCUT2D eigenvalue weighted by atomic mass is 35.5. The number of hydrogen-bond acceptors (Lipinski definition) is 5. The van der Waals surface area contributed by atoms with Crippen LogP contribution < -0.4 is 4.74 Å². The van der Waals surface area contributed by atoms with Gasteiger partial charge in [-0.15, -0.1) is 11.3 Å². The van der Waals surface area contributed by atoms with Gasteiger partial charge >= 0.3 is 5.97 Å². The van der Waals surface area contributed by atoms with Crippen LogP contribution in [-0.2, 0) is 11.3 Å². The second-order valence-electron chi connectivity index (χ2n) is 7.88. The Morgan fingerprint density at radius 1 is 1.29 bits per heavy atom. The first-order chi connectivity index (χ1) is 14.8. The van der Waals surface area contributed by atoms with Crippen molar-refractivity contribution < 1.29 is 19.0 Å². The zero-order valence-electron chi connectivity index (χ0n) is 17.1. The van der Waals surface area contributed by atoms with E-state index in [0.29, 0.717) is 46.5 Å². The third kappa shape index (κ3) is 4.89. The van der Waals surface area contributed by atoms with Crippen molar-refractivity contribution in [3.63, 3.8) is 0 Å². The summed E-state index contributed by atoms with van der Waals surface area (Å²) in [4.78, 5) is 18.2. The molecule has 8 heteroatoms. The molecule has 0 amide bonds. The third-order valence-corrected chi connectivity index (χ3v) is 6.48. The van der Waals surface area contributed by atoms with Crippen molar-refractivity contribution in [3.8, 4) is 26.8 Å². The normalized spacial score (nSPS) is 14.6. The van der Waals surface area contributed by atoms with Gasteiger partial charge in [-0.2, -0.15) is 0 Å². The molecule has 1 fully saturated rings. The zero-order valence-corrected chi connectivity index (χ0v) is 18.7. The van der Waals surface area contributed by atoms with E-state index in [1.165, 1.54) is 17.4 Å². The van der Waals surface area contributed by atoms with E-state index in [1.807, 2.05) is 43.0 Å². The van der Waals surface area contributed by atoms with Gasteiger partial charge in [0, 0.05) is 37.0 Å². The van der Waals surface area contributed by atoms with E-state index in [2.05, 4.69) is 4.98 Å². The molecule has 0 unspecified atom stereocenters. The fourth-order valence-corrected chi connectivity index (χ4v) is 4.58. The van der Waals surface area contributed by atoms with Gasteiger partial charge < -0.3 is 9.84 Å². The van der Waals surface area contributed by atoms with Gasteiger partial charge in [-0.05, 0) is 43.7 Å². The van der Waals surface area contributed by atoms with E-state index < -0.39 is 5.97 Å². The van der Waals surface area contributed by atoms with E-state index in [-0.39, 0.29) is 17.8 Å². The molecule has 2 aromatic carbocycles. The predicted octanol–water partition coefficient (Wildman–Crippen LogP) is 5.57. The lowest BCUT2D eigenvalue weighted by Gasteiger charge is -2.36. The molecule has 0 bridgehead atoms. The van der Waals surface area contributed by atoms with Crippen molar-refractivity contribution in [2.45, 2.75) is 26.5 Å². The number of rotatable bonds is 7. The summed E-state index contributed by atoms with van der Waals surface area (Å²) in [6.45, 7) is 5.20. The van der Waals surface area contributed by atoms with Crippen LogP contribution >= 0.6 is 22.9 Å². The maximum atomic E-state index is 14.6. The number of benzene rings is 2. The zero-order chi connectivity index (χ0) is 22.1. The molecule has 162 valence electrons. The Morgan fingerprint density at radius 3 is 2.68 bits per heavy atom. The summed E-state index contributed by atoms with van der Waals surface area (Å²) in [6, 6.07) is 10.7. The van der Waals surface area contributed by atoms with E-state index in [4.69, 9.17) is 21.4 Å². The average molecular weight is 461 g/mol. The molecule has 0 aliphatic carbocycles. The van der Waals surface area contributed by atoms with Crippen LogP contribution in [0.4, 0.5) is 4.39 Å². The molecule has 3 aromatic rings. The summed E-state index contributed by atoms with van der Waals surface area (Å²) in [5.74, 6) is -0.823. The van der Waals surface area contributed by atoms with Crippen molar-refractivity contribution in [2.24, 2.45) is 5.92 Å². The average Bonchev–Trinajstić information content (AvgIpc) is 3.16. The first-order valence-corrected chi connectivity index (χ1v) is 11.2. The maximum Gasteiger partial charge on any atom is 0.309 e. The molecule has 0 saturated carbocycles. The Morgan fingerprint density at radius 2 is 2.03 bits per heavy atom. The number of aliphatic carboxylic acids is 1. The molecule has 0 atom stereocenters. The Bertz CT molecular complexity index is 1110. The second kappa shape index (κ2) is 8.94. The summed E-state index contributed by atoms with van der Waals surface area (Å²) >= 11 is 7.81. The van der Waals surface area contributed by atoms with Gasteiger partial charge in [0.05, 0.1) is 21.9 Å². The van der Waals surface area contributed by atoms with Crippen LogP contribution in [0.5, 0.6) is 5.75 Å². The monoisotopic (exact) mass is 460 g/mol. The minimum absolute atomic E-state index is 0.0379. The number of carboxylic acids is 1. The Kier molecular flexibility index (Phi) is 6.27. The Balaban J connectivity index is 1.47. The van der Waals surface area contributed by atoms with Crippen LogP contribution in [0.15, 0.2) is 42.6 Å². The van der Waals surface area contributed by atoms with Gasteiger partial charge in [0.1, 0.15) is 16.6 Å². The van der Waals surface area contributed by atoms with E-state index in [1.54, 1.807) is 12.3 Å². The molecule has 0 radical (unpaired) electrons. The van der Waals surface area contributed by atoms with Gasteiger partial charge in [0.25, 0.3) is 0 Å². The van der Waals surface area contributed by atoms with Crippen LogP contribution in [-0.4, -0.2) is 40.2 Å². The highest BCUT2D eigenvalue weighted by Crippen LogP contribution is 2.36. The number of nitrogens with zero attached hydrogens (tertiary/aromatic N) is 2. The largest absolute Gasteiger partial charge is 0.489 e. The fourth-order valence-electron chi connectivity index (χ4n) is 3.45. The number of likely N-dealkylation sites (tertiary alicyclic amines) is 1. The summed E-state index contributed by atoms with van der Waals surface area (Å²) < 4.78 is 20.3. The smallest absolute Gasteiger partial charge is 0.309 e. The van der Waals surface area contributed by atoms with Gasteiger partial charge in [-0.1, -0.05) is 23.7 Å². The van der Waals surface area contributed by atoms with Crippen LogP contribution in [0.1, 0.15) is 19.4 Å². The summed E-state index contributed by atoms with van der Waals surface area (Å²) in [5.41, 5.74) is 2.18. The third-order valence-electron chi connectivity index (χ3n) is 5.09. The van der Waals surface area contributed by atoms with Gasteiger partial charge in [0.2, 0.25) is 0 Å². The molecule has 2 heterocycles. The molecular weight excluding hydrogens is 439 g/mol. The van der Waals surface area contributed by atoms with Crippen LogP contribution in [0, 0.1) is 11.7 Å². The standard InChI is InChI=1S/C23H22ClFN2O3S/c1-13(2)30-20-6-5-14(7-18(20)24)21-9-26-22(31-21)15-3-4-16(19(25)8-15)10-27-11-17(12-27)23(28)29/h3-9,13,17H,10-12H2,1-2H3,(H,28,29). The summed E-state index contributed by atoms with van der Waals surface area (Å²) in [7, 11) is 0. The van der Waals surface area contributed by atoms with Crippen LogP contribution in [0.3, 0.4) is 0 Å². The highest BCUT2D eigenvalue weighted by Gasteiger charge is 2.32. The quantitative estimate of drug-likeness (QED) is 0.499. The Labute approximate surface area is 189 Å². The number of thiazole rings is 1. The minimum atomic E-state index is -0.796. The number of aromatic nitrogens is 1. The van der Waals surface area contributed by atoms with Gasteiger partial charge in [0.15, 0.2) is 0 Å². The Hall–Kier alpha value is -2.48. The van der Waals surface area contributed by atoms with E-state index in [9.17, 15) is 9.18 Å². The molecule has 1 saturated heterocycles. The van der Waals surface area contributed by atoms with Crippen LogP contribution in [0.25, 0.3) is 21.0 Å². The van der Waals surface area contributed by atoms with E-state index >= 15 is 0 Å². The predicted molar refractivity (Wildman–Crippen MR) is 120 cm³/mol. The second-order valence-corrected chi connectivity index (χ2v) is 9.31. The van der Waals surface area contributed by atoms with Crippen molar-refractivity contribution in [3.05, 3.63) is 59.0 Å². The lowest BCUT2D eigenvalue weighted by molar-refractivity contribution is -0.147. The highest BCUT2D eigenvalue weighted by molar-refractivity contribution is 7.18. The number of carbonyl (C=O) groups is 1. The van der Waals surface area contributed by atoms with Crippen molar-refractivity contribution in [1.82, 2.24) is 9.88 Å². The van der Waals surface area contributed by atoms with Crippen molar-refractivity contribution >= 4 is 28.9 Å². The topological polar surface area (TPSA) is 62.7 Å². The SMILES string of the molecule is CC(C)Oc1ccc(-c2cnc(-c3ccc(CN4CC(C(=O)O)C4)c(F)c3)s2)cc1Cl. The molecule has 1 aromatic heterocycles. The lowest BCUT2D eigenvalue weighted by atomic mass is 9.99. The molecule has 1 N–H and O–H groups in total. The fraction of sp³-hybridized carbons (Fsp3) is 0.304. The maximum absolute atomic E-state index is 14.6. The molecule has 31 heavy (non-hydrogen) atoms. The molecule has 0 spiro atoms. The van der Waals surface area contributed by atoms with E-state index in [0.717, 1.165) is 10.4 Å². The minimum Gasteiger partial charge on any atom is -0.489 e. The molecular formula is C23H22ClFN2O3S. The molecule has 4 rings (SSSR count). The van der Waals surface area contributed by atoms with Crippen molar-refractivity contribution in [2.75, 3.05) is 13.1 Å².